The van der Waals surface area contributed by atoms with Gasteiger partial charge in [0.05, 0.1) is 0 Å². The Morgan fingerprint density at radius 3 is 2.29 bits per heavy atom. The summed E-state index contributed by atoms with van der Waals surface area (Å²) in [6.07, 6.45) is 3.36. The highest BCUT2D eigenvalue weighted by atomic mass is 14.7. The van der Waals surface area contributed by atoms with Gasteiger partial charge in [0.1, 0.15) is 0 Å². The van der Waals surface area contributed by atoms with Gasteiger partial charge in [-0.3, -0.25) is 0 Å². The summed E-state index contributed by atoms with van der Waals surface area (Å²) in [4.78, 5) is 0. The van der Waals surface area contributed by atoms with E-state index in [1.165, 1.54) is 22.3 Å². The number of nitrogens with two attached hydrogens (primary N) is 1. The van der Waals surface area contributed by atoms with Crippen molar-refractivity contribution < 1.29 is 0 Å². The summed E-state index contributed by atoms with van der Waals surface area (Å²) in [5, 5.41) is 0. The van der Waals surface area contributed by atoms with Gasteiger partial charge in [-0.25, -0.2) is 0 Å². The molecular formula is C20H25N. The number of fused-ring (bicyclic) bond motifs is 1. The molecular weight excluding hydrogens is 254 g/mol. The van der Waals surface area contributed by atoms with Crippen LogP contribution in [-0.2, 0) is 19.3 Å². The molecule has 0 aromatic heterocycles. The molecule has 2 aromatic carbocycles. The van der Waals surface area contributed by atoms with Crippen molar-refractivity contribution in [3.63, 3.8) is 0 Å². The first-order valence-corrected chi connectivity index (χ1v) is 8.04. The highest BCUT2D eigenvalue weighted by Crippen LogP contribution is 2.34. The van der Waals surface area contributed by atoms with E-state index in [-0.39, 0.29) is 6.04 Å². The van der Waals surface area contributed by atoms with Crippen LogP contribution in [0.1, 0.15) is 42.1 Å². The summed E-state index contributed by atoms with van der Waals surface area (Å²) in [6, 6.07) is 17.8. The normalized spacial score (nSPS) is 16.2. The molecule has 1 nitrogen and oxygen atoms in total. The molecule has 0 spiro atoms. The van der Waals surface area contributed by atoms with Crippen molar-refractivity contribution in [1.82, 2.24) is 0 Å². The monoisotopic (exact) mass is 279 g/mol. The number of hydrogen-bond acceptors (Lipinski definition) is 1. The standard InChI is InChI=1S/C20H25N/c1-14(2)10-15-6-5-9-18(11-15)20(21)19-12-16-7-3-4-8-17(16)13-19/h3-9,11,14,19-20H,10,12-13,21H2,1-2H3. The second kappa shape index (κ2) is 6.03. The van der Waals surface area contributed by atoms with Gasteiger partial charge in [0.15, 0.2) is 0 Å². The zero-order valence-electron chi connectivity index (χ0n) is 13.0. The molecule has 1 atom stereocenters. The van der Waals surface area contributed by atoms with Crippen LogP contribution in [0.5, 0.6) is 0 Å². The molecule has 0 bridgehead atoms. The molecule has 0 fully saturated rings. The van der Waals surface area contributed by atoms with E-state index >= 15 is 0 Å². The number of rotatable bonds is 4. The van der Waals surface area contributed by atoms with Gasteiger partial charge >= 0.3 is 0 Å². The molecule has 0 radical (unpaired) electrons. The lowest BCUT2D eigenvalue weighted by molar-refractivity contribution is 0.453. The predicted octanol–water partition coefficient (Wildman–Crippen LogP) is 4.30. The van der Waals surface area contributed by atoms with E-state index < -0.39 is 0 Å². The van der Waals surface area contributed by atoms with Crippen molar-refractivity contribution in [1.29, 1.82) is 0 Å². The van der Waals surface area contributed by atoms with Gasteiger partial charge in [-0.05, 0) is 53.4 Å². The Morgan fingerprint density at radius 2 is 1.67 bits per heavy atom. The third-order valence-corrected chi connectivity index (χ3v) is 4.57. The Bertz CT molecular complexity index is 590. The molecule has 1 unspecified atom stereocenters. The lowest BCUT2D eigenvalue weighted by Gasteiger charge is -2.20. The summed E-state index contributed by atoms with van der Waals surface area (Å²) < 4.78 is 0. The summed E-state index contributed by atoms with van der Waals surface area (Å²) in [5.74, 6) is 1.23. The summed E-state index contributed by atoms with van der Waals surface area (Å²) >= 11 is 0. The first kappa shape index (κ1) is 14.3. The predicted molar refractivity (Wildman–Crippen MR) is 89.3 cm³/mol. The molecule has 3 rings (SSSR count). The fourth-order valence-electron chi connectivity index (χ4n) is 3.52. The zero-order valence-corrected chi connectivity index (χ0v) is 13.0. The minimum absolute atomic E-state index is 0.143. The Labute approximate surface area is 128 Å². The van der Waals surface area contributed by atoms with Crippen LogP contribution in [0.25, 0.3) is 0 Å². The first-order valence-electron chi connectivity index (χ1n) is 8.04. The van der Waals surface area contributed by atoms with E-state index in [2.05, 4.69) is 62.4 Å². The minimum Gasteiger partial charge on any atom is -0.324 e. The van der Waals surface area contributed by atoms with Gasteiger partial charge in [0, 0.05) is 6.04 Å². The maximum Gasteiger partial charge on any atom is 0.0330 e. The average Bonchev–Trinajstić information content (AvgIpc) is 2.90. The summed E-state index contributed by atoms with van der Waals surface area (Å²) in [6.45, 7) is 4.53. The Hall–Kier alpha value is -1.60. The minimum atomic E-state index is 0.143. The molecule has 0 saturated carbocycles. The number of hydrogen-bond donors (Lipinski definition) is 1. The smallest absolute Gasteiger partial charge is 0.0330 e. The maximum absolute atomic E-state index is 6.58. The highest BCUT2D eigenvalue weighted by Gasteiger charge is 2.27. The quantitative estimate of drug-likeness (QED) is 0.887. The van der Waals surface area contributed by atoms with E-state index in [1.54, 1.807) is 0 Å². The van der Waals surface area contributed by atoms with Gasteiger partial charge in [0.25, 0.3) is 0 Å². The van der Waals surface area contributed by atoms with Gasteiger partial charge in [-0.15, -0.1) is 0 Å². The lowest BCUT2D eigenvalue weighted by atomic mass is 9.89. The van der Waals surface area contributed by atoms with Crippen LogP contribution in [0.2, 0.25) is 0 Å². The lowest BCUT2D eigenvalue weighted by Crippen LogP contribution is -2.22. The van der Waals surface area contributed by atoms with Gasteiger partial charge < -0.3 is 5.73 Å². The zero-order chi connectivity index (χ0) is 14.8. The molecule has 1 aliphatic carbocycles. The molecule has 0 aliphatic heterocycles. The summed E-state index contributed by atoms with van der Waals surface area (Å²) in [7, 11) is 0. The van der Waals surface area contributed by atoms with Crippen molar-refractivity contribution in [3.8, 4) is 0 Å². The van der Waals surface area contributed by atoms with E-state index in [1.807, 2.05) is 0 Å². The van der Waals surface area contributed by atoms with E-state index in [9.17, 15) is 0 Å². The second-order valence-corrected chi connectivity index (χ2v) is 6.81. The molecule has 2 aromatic rings. The fraction of sp³-hybridized carbons (Fsp3) is 0.400. The molecule has 0 saturated heterocycles. The van der Waals surface area contributed by atoms with Crippen LogP contribution in [0.15, 0.2) is 48.5 Å². The molecule has 1 heteroatoms. The number of benzene rings is 2. The first-order chi connectivity index (χ1) is 10.1. The molecule has 110 valence electrons. The Morgan fingerprint density at radius 1 is 1.00 bits per heavy atom. The molecule has 2 N–H and O–H groups in total. The summed E-state index contributed by atoms with van der Waals surface area (Å²) in [5.41, 5.74) is 12.3. The van der Waals surface area contributed by atoms with Gasteiger partial charge in [-0.1, -0.05) is 62.4 Å². The van der Waals surface area contributed by atoms with Crippen LogP contribution in [0.3, 0.4) is 0 Å². The van der Waals surface area contributed by atoms with E-state index in [0.29, 0.717) is 11.8 Å². The topological polar surface area (TPSA) is 26.0 Å². The second-order valence-electron chi connectivity index (χ2n) is 6.81. The van der Waals surface area contributed by atoms with Crippen molar-refractivity contribution in [2.24, 2.45) is 17.6 Å². The van der Waals surface area contributed by atoms with Gasteiger partial charge in [-0.2, -0.15) is 0 Å². The van der Waals surface area contributed by atoms with Crippen molar-refractivity contribution in [2.45, 2.75) is 39.2 Å². The molecule has 1 aliphatic rings. The van der Waals surface area contributed by atoms with Crippen LogP contribution in [-0.4, -0.2) is 0 Å². The van der Waals surface area contributed by atoms with Crippen LogP contribution in [0.4, 0.5) is 0 Å². The van der Waals surface area contributed by atoms with E-state index in [0.717, 1.165) is 19.3 Å². The van der Waals surface area contributed by atoms with Crippen molar-refractivity contribution >= 4 is 0 Å². The molecule has 0 heterocycles. The van der Waals surface area contributed by atoms with E-state index in [4.69, 9.17) is 5.73 Å². The Kier molecular flexibility index (Phi) is 4.12. The SMILES string of the molecule is CC(C)Cc1cccc(C(N)C2Cc3ccccc3C2)c1. The molecule has 21 heavy (non-hydrogen) atoms. The maximum atomic E-state index is 6.58. The fourth-order valence-corrected chi connectivity index (χ4v) is 3.52. The highest BCUT2D eigenvalue weighted by molar-refractivity contribution is 5.35. The average molecular weight is 279 g/mol. The van der Waals surface area contributed by atoms with Crippen LogP contribution >= 0.6 is 0 Å². The van der Waals surface area contributed by atoms with Crippen LogP contribution < -0.4 is 5.73 Å². The van der Waals surface area contributed by atoms with Crippen molar-refractivity contribution in [2.75, 3.05) is 0 Å². The Balaban J connectivity index is 1.76. The van der Waals surface area contributed by atoms with Gasteiger partial charge in [0.2, 0.25) is 0 Å². The third kappa shape index (κ3) is 3.19. The van der Waals surface area contributed by atoms with Crippen molar-refractivity contribution in [3.05, 3.63) is 70.8 Å². The van der Waals surface area contributed by atoms with Crippen LogP contribution in [0, 0.1) is 11.8 Å². The third-order valence-electron chi connectivity index (χ3n) is 4.57. The molecule has 0 amide bonds. The largest absolute Gasteiger partial charge is 0.324 e.